The molecule has 0 saturated carbocycles. The van der Waals surface area contributed by atoms with Gasteiger partial charge in [-0.1, -0.05) is 6.42 Å². The molecule has 3 rings (SSSR count). The van der Waals surface area contributed by atoms with E-state index in [9.17, 15) is 13.2 Å². The lowest BCUT2D eigenvalue weighted by atomic mass is 10.1. The van der Waals surface area contributed by atoms with E-state index >= 15 is 0 Å². The molecule has 0 spiro atoms. The van der Waals surface area contributed by atoms with Gasteiger partial charge in [0.2, 0.25) is 10.0 Å². The first kappa shape index (κ1) is 17.7. The summed E-state index contributed by atoms with van der Waals surface area (Å²) in [5, 5.41) is 2.70. The Balaban J connectivity index is 1.74. The molecule has 6 nitrogen and oxygen atoms in total. The number of nitrogens with one attached hydrogen (secondary N) is 1. The first-order valence-electron chi connectivity index (χ1n) is 8.37. The van der Waals surface area contributed by atoms with Crippen molar-refractivity contribution < 1.29 is 17.6 Å². The smallest absolute Gasteiger partial charge is 0.291 e. The number of furan rings is 1. The van der Waals surface area contributed by atoms with Gasteiger partial charge in [-0.25, -0.2) is 8.42 Å². The SMILES string of the molecule is Cc1ccc(C(=O)Nc2ccc(S(=O)(=O)N3CCCC[C@H]3C)cc2)o1. The standard InChI is InChI=1S/C18H22N2O4S/c1-13-5-3-4-12-20(13)25(22,23)16-9-7-15(8-10-16)19-18(21)17-11-6-14(2)24-17/h6-11,13H,3-5,12H2,1-2H3,(H,19,21)/t13-/m1/s1. The van der Waals surface area contributed by atoms with Gasteiger partial charge in [-0.15, -0.1) is 0 Å². The number of hydrogen-bond acceptors (Lipinski definition) is 4. The van der Waals surface area contributed by atoms with Crippen LogP contribution in [0.3, 0.4) is 0 Å². The highest BCUT2D eigenvalue weighted by Crippen LogP contribution is 2.26. The quantitative estimate of drug-likeness (QED) is 0.904. The second-order valence-corrected chi connectivity index (χ2v) is 8.24. The van der Waals surface area contributed by atoms with Crippen molar-refractivity contribution >= 4 is 21.6 Å². The summed E-state index contributed by atoms with van der Waals surface area (Å²) in [4.78, 5) is 12.3. The Kier molecular flexibility index (Phi) is 4.96. The molecule has 1 aromatic carbocycles. The molecule has 1 aliphatic heterocycles. The van der Waals surface area contributed by atoms with Crippen LogP contribution in [0.2, 0.25) is 0 Å². The summed E-state index contributed by atoms with van der Waals surface area (Å²) >= 11 is 0. The van der Waals surface area contributed by atoms with E-state index in [2.05, 4.69) is 5.32 Å². The Hall–Kier alpha value is -2.12. The van der Waals surface area contributed by atoms with Gasteiger partial charge in [0, 0.05) is 18.3 Å². The lowest BCUT2D eigenvalue weighted by Gasteiger charge is -2.32. The number of amides is 1. The summed E-state index contributed by atoms with van der Waals surface area (Å²) in [6, 6.07) is 9.57. The zero-order valence-corrected chi connectivity index (χ0v) is 15.2. The highest BCUT2D eigenvalue weighted by molar-refractivity contribution is 7.89. The largest absolute Gasteiger partial charge is 0.456 e. The van der Waals surface area contributed by atoms with Gasteiger partial charge in [-0.3, -0.25) is 4.79 Å². The second-order valence-electron chi connectivity index (χ2n) is 6.35. The van der Waals surface area contributed by atoms with Crippen molar-refractivity contribution in [3.8, 4) is 0 Å². The number of sulfonamides is 1. The molecule has 1 amide bonds. The minimum atomic E-state index is -3.50. The molecular weight excluding hydrogens is 340 g/mol. The third-order valence-corrected chi connectivity index (χ3v) is 6.45. The fraction of sp³-hybridized carbons (Fsp3) is 0.389. The van der Waals surface area contributed by atoms with Crippen LogP contribution in [0.25, 0.3) is 0 Å². The molecule has 25 heavy (non-hydrogen) atoms. The van der Waals surface area contributed by atoms with Gasteiger partial charge >= 0.3 is 0 Å². The molecule has 1 aliphatic rings. The Labute approximate surface area is 147 Å². The maximum absolute atomic E-state index is 12.8. The normalized spacial score (nSPS) is 18.9. The van der Waals surface area contributed by atoms with E-state index in [-0.39, 0.29) is 22.6 Å². The van der Waals surface area contributed by atoms with E-state index in [0.29, 0.717) is 18.0 Å². The second kappa shape index (κ2) is 7.01. The third-order valence-electron chi connectivity index (χ3n) is 4.42. The fourth-order valence-corrected chi connectivity index (χ4v) is 4.72. The van der Waals surface area contributed by atoms with Crippen molar-refractivity contribution in [3.05, 3.63) is 47.9 Å². The number of aryl methyl sites for hydroxylation is 1. The lowest BCUT2D eigenvalue weighted by Crippen LogP contribution is -2.41. The summed E-state index contributed by atoms with van der Waals surface area (Å²) in [6.07, 6.45) is 2.83. The number of anilines is 1. The Morgan fingerprint density at radius 3 is 2.48 bits per heavy atom. The summed E-state index contributed by atoms with van der Waals surface area (Å²) < 4.78 is 32.4. The van der Waals surface area contributed by atoms with Gasteiger partial charge in [-0.05, 0) is 63.1 Å². The predicted molar refractivity (Wildman–Crippen MR) is 95.0 cm³/mol. The van der Waals surface area contributed by atoms with Crippen LogP contribution in [-0.4, -0.2) is 31.2 Å². The molecule has 2 heterocycles. The maximum atomic E-state index is 12.8. The molecule has 134 valence electrons. The topological polar surface area (TPSA) is 79.6 Å². The first-order chi connectivity index (χ1) is 11.9. The van der Waals surface area contributed by atoms with Crippen molar-refractivity contribution in [2.45, 2.75) is 44.0 Å². The van der Waals surface area contributed by atoms with Gasteiger partial charge in [0.25, 0.3) is 5.91 Å². The van der Waals surface area contributed by atoms with Crippen LogP contribution in [0.1, 0.15) is 42.5 Å². The van der Waals surface area contributed by atoms with Crippen LogP contribution in [0.5, 0.6) is 0 Å². The average molecular weight is 362 g/mol. The molecule has 0 bridgehead atoms. The summed E-state index contributed by atoms with van der Waals surface area (Å²) in [5.41, 5.74) is 0.518. The summed E-state index contributed by atoms with van der Waals surface area (Å²) in [7, 11) is -3.50. The lowest BCUT2D eigenvalue weighted by molar-refractivity contribution is 0.0995. The molecule has 2 aromatic rings. The van der Waals surface area contributed by atoms with Crippen LogP contribution in [0.15, 0.2) is 45.7 Å². The molecule has 1 N–H and O–H groups in total. The average Bonchev–Trinajstić information content (AvgIpc) is 3.02. The highest BCUT2D eigenvalue weighted by atomic mass is 32.2. The molecule has 1 saturated heterocycles. The Bertz CT molecular complexity index is 855. The monoisotopic (exact) mass is 362 g/mol. The van der Waals surface area contributed by atoms with E-state index in [1.54, 1.807) is 35.5 Å². The van der Waals surface area contributed by atoms with Crippen LogP contribution in [-0.2, 0) is 10.0 Å². The van der Waals surface area contributed by atoms with Crippen molar-refractivity contribution in [3.63, 3.8) is 0 Å². The highest BCUT2D eigenvalue weighted by Gasteiger charge is 2.30. The number of hydrogen-bond donors (Lipinski definition) is 1. The molecular formula is C18H22N2O4S. The Morgan fingerprint density at radius 2 is 1.88 bits per heavy atom. The maximum Gasteiger partial charge on any atom is 0.291 e. The third kappa shape index (κ3) is 3.77. The van der Waals surface area contributed by atoms with Crippen molar-refractivity contribution in [1.82, 2.24) is 4.31 Å². The molecule has 1 fully saturated rings. The van der Waals surface area contributed by atoms with E-state index < -0.39 is 10.0 Å². The van der Waals surface area contributed by atoms with Crippen LogP contribution < -0.4 is 5.32 Å². The number of benzene rings is 1. The number of rotatable bonds is 4. The van der Waals surface area contributed by atoms with Crippen LogP contribution in [0.4, 0.5) is 5.69 Å². The molecule has 7 heteroatoms. The Morgan fingerprint density at radius 1 is 1.16 bits per heavy atom. The summed E-state index contributed by atoms with van der Waals surface area (Å²) in [5.74, 6) is 0.506. The number of nitrogens with zero attached hydrogens (tertiary/aromatic N) is 1. The molecule has 0 radical (unpaired) electrons. The molecule has 0 aliphatic carbocycles. The van der Waals surface area contributed by atoms with Crippen LogP contribution in [0, 0.1) is 6.92 Å². The minimum absolute atomic E-state index is 0.0142. The molecule has 1 aromatic heterocycles. The van der Waals surface area contributed by atoms with Gasteiger partial charge in [0.15, 0.2) is 5.76 Å². The zero-order valence-electron chi connectivity index (χ0n) is 14.4. The van der Waals surface area contributed by atoms with E-state index in [1.807, 2.05) is 6.92 Å². The fourth-order valence-electron chi connectivity index (χ4n) is 3.02. The number of piperidine rings is 1. The molecule has 0 unspecified atom stereocenters. The van der Waals surface area contributed by atoms with E-state index in [1.165, 1.54) is 12.1 Å². The number of carbonyl (C=O) groups is 1. The van der Waals surface area contributed by atoms with Crippen molar-refractivity contribution in [2.24, 2.45) is 0 Å². The molecule has 1 atom stereocenters. The van der Waals surface area contributed by atoms with Gasteiger partial charge in [-0.2, -0.15) is 4.31 Å². The minimum Gasteiger partial charge on any atom is -0.456 e. The van der Waals surface area contributed by atoms with Gasteiger partial charge in [0.05, 0.1) is 4.90 Å². The first-order valence-corrected chi connectivity index (χ1v) is 9.81. The van der Waals surface area contributed by atoms with E-state index in [4.69, 9.17) is 4.42 Å². The van der Waals surface area contributed by atoms with Crippen molar-refractivity contribution in [1.29, 1.82) is 0 Å². The number of carbonyl (C=O) groups excluding carboxylic acids is 1. The van der Waals surface area contributed by atoms with Crippen LogP contribution >= 0.6 is 0 Å². The predicted octanol–water partition coefficient (Wildman–Crippen LogP) is 3.40. The van der Waals surface area contributed by atoms with Gasteiger partial charge in [0.1, 0.15) is 5.76 Å². The zero-order chi connectivity index (χ0) is 18.0. The summed E-state index contributed by atoms with van der Waals surface area (Å²) in [6.45, 7) is 4.26. The van der Waals surface area contributed by atoms with E-state index in [0.717, 1.165) is 19.3 Å². The van der Waals surface area contributed by atoms with Gasteiger partial charge < -0.3 is 9.73 Å². The van der Waals surface area contributed by atoms with Crippen molar-refractivity contribution in [2.75, 3.05) is 11.9 Å².